The molecule has 0 saturated carbocycles. The van der Waals surface area contributed by atoms with Crippen LogP contribution >= 0.6 is 34.5 Å². The Labute approximate surface area is 137 Å². The van der Waals surface area contributed by atoms with Crippen molar-refractivity contribution in [3.63, 3.8) is 0 Å². The number of nitrogens with zero attached hydrogens (tertiary/aromatic N) is 2. The molecule has 1 atom stereocenters. The predicted molar refractivity (Wildman–Crippen MR) is 86.3 cm³/mol. The number of hydrogen-bond donors (Lipinski definition) is 0. The zero-order valence-electron chi connectivity index (χ0n) is 11.5. The van der Waals surface area contributed by atoms with Crippen LogP contribution in [-0.4, -0.2) is 22.3 Å². The van der Waals surface area contributed by atoms with Crippen molar-refractivity contribution in [2.75, 3.05) is 6.54 Å². The first kappa shape index (κ1) is 14.8. The minimum atomic E-state index is -0.0371. The molecule has 0 aliphatic carbocycles. The summed E-state index contributed by atoms with van der Waals surface area (Å²) in [6.45, 7) is 2.83. The van der Waals surface area contributed by atoms with Crippen LogP contribution < -0.4 is 0 Å². The normalized spacial score (nSPS) is 17.7. The third-order valence-electron chi connectivity index (χ3n) is 3.75. The van der Waals surface area contributed by atoms with E-state index < -0.39 is 0 Å². The Morgan fingerprint density at radius 1 is 1.43 bits per heavy atom. The molecule has 0 saturated heterocycles. The van der Waals surface area contributed by atoms with Gasteiger partial charge in [-0.15, -0.1) is 11.3 Å². The molecule has 0 fully saturated rings. The number of carbonyl (C=O) groups is 1. The molecule has 21 heavy (non-hydrogen) atoms. The van der Waals surface area contributed by atoms with E-state index in [-0.39, 0.29) is 22.3 Å². The molecule has 1 amide bonds. The first-order chi connectivity index (χ1) is 10.1. The van der Waals surface area contributed by atoms with Crippen molar-refractivity contribution in [2.45, 2.75) is 25.8 Å². The molecule has 0 radical (unpaired) electrons. The summed E-state index contributed by atoms with van der Waals surface area (Å²) >= 11 is 13.6. The van der Waals surface area contributed by atoms with Gasteiger partial charge in [-0.1, -0.05) is 30.1 Å². The van der Waals surface area contributed by atoms with E-state index in [1.807, 2.05) is 4.90 Å². The van der Waals surface area contributed by atoms with E-state index in [4.69, 9.17) is 23.2 Å². The molecule has 1 unspecified atom stereocenters. The summed E-state index contributed by atoms with van der Waals surface area (Å²) in [5.41, 5.74) is 1.77. The molecular weight excluding hydrogens is 327 g/mol. The molecule has 2 aromatic heterocycles. The number of thiophene rings is 1. The number of amides is 1. The van der Waals surface area contributed by atoms with E-state index in [2.05, 4.69) is 23.4 Å². The van der Waals surface area contributed by atoms with E-state index in [0.717, 1.165) is 19.4 Å². The van der Waals surface area contributed by atoms with Crippen molar-refractivity contribution in [1.29, 1.82) is 0 Å². The molecule has 3 rings (SSSR count). The Kier molecular flexibility index (Phi) is 4.20. The van der Waals surface area contributed by atoms with Crippen molar-refractivity contribution >= 4 is 40.4 Å². The molecule has 0 aromatic carbocycles. The monoisotopic (exact) mass is 340 g/mol. The molecule has 0 N–H and O–H groups in total. The van der Waals surface area contributed by atoms with Crippen molar-refractivity contribution in [3.05, 3.63) is 49.9 Å². The Hall–Kier alpha value is -1.10. The molecule has 6 heteroatoms. The van der Waals surface area contributed by atoms with Crippen LogP contribution in [0.15, 0.2) is 23.6 Å². The van der Waals surface area contributed by atoms with Gasteiger partial charge in [-0.3, -0.25) is 4.79 Å². The van der Waals surface area contributed by atoms with Gasteiger partial charge in [-0.2, -0.15) is 0 Å². The summed E-state index contributed by atoms with van der Waals surface area (Å²) < 4.78 is 0. The van der Waals surface area contributed by atoms with Crippen LogP contribution in [0, 0.1) is 0 Å². The van der Waals surface area contributed by atoms with Gasteiger partial charge in [0.1, 0.15) is 10.3 Å². The molecule has 0 spiro atoms. The fourth-order valence-electron chi connectivity index (χ4n) is 2.83. The third kappa shape index (κ3) is 2.80. The van der Waals surface area contributed by atoms with Crippen LogP contribution in [0.2, 0.25) is 10.3 Å². The highest BCUT2D eigenvalue weighted by molar-refractivity contribution is 7.10. The van der Waals surface area contributed by atoms with E-state index in [9.17, 15) is 4.79 Å². The van der Waals surface area contributed by atoms with Crippen LogP contribution in [0.25, 0.3) is 0 Å². The number of fused-ring (bicyclic) bond motifs is 1. The summed E-state index contributed by atoms with van der Waals surface area (Å²) in [6, 6.07) is 5.40. The number of carbonyl (C=O) groups excluding carboxylic acids is 1. The van der Waals surface area contributed by atoms with Gasteiger partial charge >= 0.3 is 0 Å². The SMILES string of the molecule is CCC1c2ccsc2CCN1C(=O)c1cc(Cl)nc(Cl)c1. The number of rotatable bonds is 2. The fraction of sp³-hybridized carbons (Fsp3) is 0.333. The lowest BCUT2D eigenvalue weighted by molar-refractivity contribution is 0.0657. The molecule has 0 bridgehead atoms. The summed E-state index contributed by atoms with van der Waals surface area (Å²) in [4.78, 5) is 20.0. The number of halogens is 2. The molecule has 3 nitrogen and oxygen atoms in total. The molecule has 110 valence electrons. The Balaban J connectivity index is 1.94. The second-order valence-electron chi connectivity index (χ2n) is 4.97. The second kappa shape index (κ2) is 5.95. The highest BCUT2D eigenvalue weighted by atomic mass is 35.5. The quantitative estimate of drug-likeness (QED) is 0.748. The van der Waals surface area contributed by atoms with Crippen molar-refractivity contribution < 1.29 is 4.79 Å². The first-order valence-electron chi connectivity index (χ1n) is 6.80. The first-order valence-corrected chi connectivity index (χ1v) is 8.44. The summed E-state index contributed by atoms with van der Waals surface area (Å²) in [6.07, 6.45) is 1.80. The molecule has 1 aliphatic heterocycles. The van der Waals surface area contributed by atoms with Gasteiger partial charge in [0.25, 0.3) is 5.91 Å². The van der Waals surface area contributed by atoms with Crippen LogP contribution in [0.1, 0.15) is 40.2 Å². The zero-order chi connectivity index (χ0) is 15.0. The molecule has 2 aromatic rings. The van der Waals surface area contributed by atoms with E-state index >= 15 is 0 Å². The van der Waals surface area contributed by atoms with Crippen LogP contribution in [0.5, 0.6) is 0 Å². The smallest absolute Gasteiger partial charge is 0.254 e. The summed E-state index contributed by atoms with van der Waals surface area (Å²) in [7, 11) is 0. The minimum Gasteiger partial charge on any atom is -0.331 e. The van der Waals surface area contributed by atoms with Crippen molar-refractivity contribution in [2.24, 2.45) is 0 Å². The zero-order valence-corrected chi connectivity index (χ0v) is 13.8. The number of hydrogen-bond acceptors (Lipinski definition) is 3. The number of pyridine rings is 1. The van der Waals surface area contributed by atoms with Crippen LogP contribution in [0.3, 0.4) is 0 Å². The number of aromatic nitrogens is 1. The predicted octanol–water partition coefficient (Wildman–Crippen LogP) is 4.60. The van der Waals surface area contributed by atoms with E-state index in [1.54, 1.807) is 23.5 Å². The van der Waals surface area contributed by atoms with Gasteiger partial charge in [0.2, 0.25) is 0 Å². The largest absolute Gasteiger partial charge is 0.331 e. The second-order valence-corrected chi connectivity index (χ2v) is 6.75. The lowest BCUT2D eigenvalue weighted by Crippen LogP contribution is -2.39. The maximum Gasteiger partial charge on any atom is 0.254 e. The third-order valence-corrected chi connectivity index (χ3v) is 5.14. The Morgan fingerprint density at radius 2 is 2.14 bits per heavy atom. The average molecular weight is 341 g/mol. The van der Waals surface area contributed by atoms with Gasteiger partial charge in [0.05, 0.1) is 6.04 Å². The lowest BCUT2D eigenvalue weighted by Gasteiger charge is -2.35. The van der Waals surface area contributed by atoms with Crippen molar-refractivity contribution in [3.8, 4) is 0 Å². The summed E-state index contributed by atoms with van der Waals surface area (Å²) in [5.74, 6) is -0.0371. The topological polar surface area (TPSA) is 33.2 Å². The van der Waals surface area contributed by atoms with Crippen LogP contribution in [-0.2, 0) is 6.42 Å². The average Bonchev–Trinajstić information content (AvgIpc) is 2.92. The van der Waals surface area contributed by atoms with Gasteiger partial charge in [-0.25, -0.2) is 4.98 Å². The van der Waals surface area contributed by atoms with Gasteiger partial charge in [-0.05, 0) is 42.0 Å². The highest BCUT2D eigenvalue weighted by Gasteiger charge is 2.31. The molecule has 3 heterocycles. The minimum absolute atomic E-state index is 0.0371. The lowest BCUT2D eigenvalue weighted by atomic mass is 9.97. The maximum atomic E-state index is 12.8. The highest BCUT2D eigenvalue weighted by Crippen LogP contribution is 2.36. The Bertz CT molecular complexity index is 666. The van der Waals surface area contributed by atoms with E-state index in [1.165, 1.54) is 10.4 Å². The van der Waals surface area contributed by atoms with E-state index in [0.29, 0.717) is 5.56 Å². The van der Waals surface area contributed by atoms with Gasteiger partial charge in [0, 0.05) is 17.0 Å². The standard InChI is InChI=1S/C15H14Cl2N2OS/c1-2-11-10-4-6-21-12(10)3-5-19(11)15(20)9-7-13(16)18-14(17)8-9/h4,6-8,11H,2-3,5H2,1H3. The van der Waals surface area contributed by atoms with Crippen molar-refractivity contribution in [1.82, 2.24) is 9.88 Å². The van der Waals surface area contributed by atoms with Gasteiger partial charge in [0.15, 0.2) is 0 Å². The maximum absolute atomic E-state index is 12.8. The molecular formula is C15H14Cl2N2OS. The van der Waals surface area contributed by atoms with Gasteiger partial charge < -0.3 is 4.90 Å². The fourth-order valence-corrected chi connectivity index (χ4v) is 4.22. The summed E-state index contributed by atoms with van der Waals surface area (Å²) in [5, 5.41) is 2.58. The molecule has 1 aliphatic rings. The Morgan fingerprint density at radius 3 is 2.81 bits per heavy atom. The van der Waals surface area contributed by atoms with Crippen LogP contribution in [0.4, 0.5) is 0 Å².